The third-order valence-corrected chi connectivity index (χ3v) is 2.47. The first-order chi connectivity index (χ1) is 7.78. The average Bonchev–Trinajstić information content (AvgIpc) is 2.28. The molecule has 0 aliphatic heterocycles. The van der Waals surface area contributed by atoms with Gasteiger partial charge >= 0.3 is 31.0 Å². The minimum absolute atomic E-state index is 0.230. The van der Waals surface area contributed by atoms with Gasteiger partial charge in [-0.25, -0.2) is 0 Å². The van der Waals surface area contributed by atoms with Crippen LogP contribution in [0.4, 0.5) is 0 Å². The van der Waals surface area contributed by atoms with Gasteiger partial charge in [0.15, 0.2) is 0 Å². The SMILES string of the molecule is CC[C@H](S)C(=O)[O-].CC[C@H](S)C(=O)[O-].[CH3][Sn+2][CH3]. The standard InChI is InChI=1S/2C4H8O2S.2CH3.Sn/c2*1-2-3(7)4(5)6;;;/h2*3,7H,2H2,1H3,(H,5,6);2*1H3;/q;;;;+2/p-2/t2*3-;;;/m00.../s1. The molecule has 0 aliphatic carbocycles. The van der Waals surface area contributed by atoms with E-state index in [0.29, 0.717) is 12.8 Å². The number of aliphatic carboxylic acids is 2. The van der Waals surface area contributed by atoms with Crippen molar-refractivity contribution in [2.45, 2.75) is 47.1 Å². The molecule has 0 amide bonds. The van der Waals surface area contributed by atoms with Crippen LogP contribution in [-0.2, 0) is 9.59 Å². The van der Waals surface area contributed by atoms with Crippen LogP contribution in [0.3, 0.4) is 0 Å². The molecule has 0 bridgehead atoms. The van der Waals surface area contributed by atoms with Gasteiger partial charge in [-0.05, 0) is 12.8 Å². The summed E-state index contributed by atoms with van der Waals surface area (Å²) in [6.45, 7) is 3.49. The summed E-state index contributed by atoms with van der Waals surface area (Å²) in [7, 11) is 0. The van der Waals surface area contributed by atoms with E-state index in [-0.39, 0.29) is 21.1 Å². The third kappa shape index (κ3) is 22.1. The number of carboxylic acids is 2. The van der Waals surface area contributed by atoms with Gasteiger partial charge in [-0.1, -0.05) is 13.8 Å². The number of carbonyl (C=O) groups is 2. The van der Waals surface area contributed by atoms with Crippen LogP contribution in [0.15, 0.2) is 0 Å². The summed E-state index contributed by atoms with van der Waals surface area (Å²) in [5, 5.41) is 18.3. The van der Waals surface area contributed by atoms with Crippen LogP contribution in [-0.4, -0.2) is 43.6 Å². The van der Waals surface area contributed by atoms with Crippen molar-refractivity contribution in [1.29, 1.82) is 0 Å². The molecule has 0 saturated carbocycles. The molecule has 0 aromatic heterocycles. The maximum atomic E-state index is 9.74. The Balaban J connectivity index is -0.000000188. The molecule has 0 aromatic carbocycles. The summed E-state index contributed by atoms with van der Waals surface area (Å²) in [5.41, 5.74) is 0. The predicted molar refractivity (Wildman–Crippen MR) is 73.6 cm³/mol. The summed E-state index contributed by atoms with van der Waals surface area (Å²) >= 11 is 7.56. The van der Waals surface area contributed by atoms with Gasteiger partial charge in [-0.3, -0.25) is 0 Å². The first-order valence-corrected chi connectivity index (χ1v) is 11.9. The van der Waals surface area contributed by atoms with Gasteiger partial charge in [0, 0.05) is 10.5 Å². The Morgan fingerprint density at radius 3 is 1.18 bits per heavy atom. The predicted octanol–water partition coefficient (Wildman–Crippen LogP) is -0.324. The molecule has 0 spiro atoms. The van der Waals surface area contributed by atoms with Crippen molar-refractivity contribution in [3.05, 3.63) is 0 Å². The van der Waals surface area contributed by atoms with Crippen LogP contribution in [0.2, 0.25) is 9.88 Å². The number of hydrogen-bond acceptors (Lipinski definition) is 6. The molecule has 0 rings (SSSR count). The Hall–Kier alpha value is 0.439. The second-order valence-electron chi connectivity index (χ2n) is 2.99. The quantitative estimate of drug-likeness (QED) is 0.512. The Morgan fingerprint density at radius 1 is 1.00 bits per heavy atom. The van der Waals surface area contributed by atoms with Gasteiger partial charge in [0.25, 0.3) is 0 Å². The normalized spacial score (nSPS) is 11.6. The zero-order valence-corrected chi connectivity index (χ0v) is 15.2. The van der Waals surface area contributed by atoms with Gasteiger partial charge in [0.2, 0.25) is 0 Å². The molecule has 0 N–H and O–H groups in total. The number of thiol groups is 2. The van der Waals surface area contributed by atoms with Crippen LogP contribution in [0.1, 0.15) is 26.7 Å². The van der Waals surface area contributed by atoms with Crippen molar-refractivity contribution >= 4 is 58.3 Å². The van der Waals surface area contributed by atoms with Crippen LogP contribution in [0.5, 0.6) is 0 Å². The van der Waals surface area contributed by atoms with Gasteiger partial charge in [0.1, 0.15) is 0 Å². The van der Waals surface area contributed by atoms with Crippen molar-refractivity contribution in [3.8, 4) is 0 Å². The summed E-state index contributed by atoms with van der Waals surface area (Å²) in [5.74, 6) is -2.18. The fraction of sp³-hybridized carbons (Fsp3) is 0.800. The molecule has 0 unspecified atom stereocenters. The average molecular weight is 387 g/mol. The number of carbonyl (C=O) groups excluding carboxylic acids is 2. The van der Waals surface area contributed by atoms with Crippen LogP contribution < -0.4 is 10.2 Å². The van der Waals surface area contributed by atoms with E-state index >= 15 is 0 Å². The Morgan fingerprint density at radius 2 is 1.18 bits per heavy atom. The molecule has 0 fully saturated rings. The summed E-state index contributed by atoms with van der Waals surface area (Å²) in [6.07, 6.45) is 1.04. The molecule has 0 aliphatic rings. The molecular weight excluding hydrogens is 367 g/mol. The molecule has 0 aromatic rings. The van der Waals surface area contributed by atoms with E-state index in [4.69, 9.17) is 0 Å². The van der Waals surface area contributed by atoms with Gasteiger partial charge in [-0.15, -0.1) is 0 Å². The number of hydrogen-bond donors (Lipinski definition) is 2. The zero-order chi connectivity index (χ0) is 14.4. The first-order valence-electron chi connectivity index (χ1n) is 5.14. The number of carboxylic acid groups (broad SMARTS) is 2. The van der Waals surface area contributed by atoms with Gasteiger partial charge in [0.05, 0.1) is 11.9 Å². The molecule has 4 nitrogen and oxygen atoms in total. The van der Waals surface area contributed by atoms with Crippen molar-refractivity contribution in [1.82, 2.24) is 0 Å². The maximum absolute atomic E-state index is 9.74. The van der Waals surface area contributed by atoms with E-state index in [1.54, 1.807) is 13.8 Å². The minimum atomic E-state index is -1.09. The Kier molecular flexibility index (Phi) is 21.9. The van der Waals surface area contributed by atoms with E-state index in [2.05, 4.69) is 35.1 Å². The fourth-order valence-electron chi connectivity index (χ4n) is 0.333. The Bertz CT molecular complexity index is 183. The second kappa shape index (κ2) is 16.4. The zero-order valence-electron chi connectivity index (χ0n) is 10.6. The van der Waals surface area contributed by atoms with E-state index in [1.165, 1.54) is 0 Å². The molecule has 0 heterocycles. The molecular formula is C10H20O4S2Sn. The van der Waals surface area contributed by atoms with E-state index in [1.807, 2.05) is 0 Å². The van der Waals surface area contributed by atoms with Crippen molar-refractivity contribution < 1.29 is 19.8 Å². The summed E-state index contributed by atoms with van der Waals surface area (Å²) in [4.78, 5) is 24.1. The molecule has 0 saturated heterocycles. The Labute approximate surface area is 125 Å². The molecule has 2 atom stereocenters. The van der Waals surface area contributed by atoms with Crippen LogP contribution in [0, 0.1) is 0 Å². The van der Waals surface area contributed by atoms with E-state index in [0.717, 1.165) is 0 Å². The molecule has 100 valence electrons. The second-order valence-corrected chi connectivity index (χ2v) is 7.09. The van der Waals surface area contributed by atoms with E-state index < -0.39 is 22.4 Å². The van der Waals surface area contributed by atoms with Gasteiger partial charge < -0.3 is 19.8 Å². The van der Waals surface area contributed by atoms with Crippen LogP contribution in [0.25, 0.3) is 0 Å². The summed E-state index contributed by atoms with van der Waals surface area (Å²) < 4.78 is 0. The van der Waals surface area contributed by atoms with Gasteiger partial charge in [-0.2, -0.15) is 25.3 Å². The fourth-order valence-corrected chi connectivity index (χ4v) is 0.333. The monoisotopic (exact) mass is 388 g/mol. The number of rotatable bonds is 4. The molecule has 17 heavy (non-hydrogen) atoms. The topological polar surface area (TPSA) is 80.3 Å². The third-order valence-electron chi connectivity index (χ3n) is 1.32. The molecule has 7 heteroatoms. The van der Waals surface area contributed by atoms with Crippen molar-refractivity contribution in [3.63, 3.8) is 0 Å². The van der Waals surface area contributed by atoms with Crippen LogP contribution >= 0.6 is 25.3 Å². The van der Waals surface area contributed by atoms with E-state index in [9.17, 15) is 19.8 Å². The molecule has 0 radical (unpaired) electrons. The summed E-state index contributed by atoms with van der Waals surface area (Å²) in [6, 6.07) is 0. The van der Waals surface area contributed by atoms with Crippen molar-refractivity contribution in [2.75, 3.05) is 0 Å². The van der Waals surface area contributed by atoms with Crippen molar-refractivity contribution in [2.24, 2.45) is 0 Å². The first kappa shape index (κ1) is 22.6.